The first-order valence-corrected chi connectivity index (χ1v) is 11.3. The van der Waals surface area contributed by atoms with E-state index in [1.807, 2.05) is 0 Å². The van der Waals surface area contributed by atoms with Crippen LogP contribution in [0.15, 0.2) is 24.3 Å². The molecule has 0 radical (unpaired) electrons. The maximum absolute atomic E-state index is 12.6. The highest BCUT2D eigenvalue weighted by molar-refractivity contribution is 6.30. The quantitative estimate of drug-likeness (QED) is 0.520. The van der Waals surface area contributed by atoms with Crippen LogP contribution in [-0.4, -0.2) is 61.6 Å². The summed E-state index contributed by atoms with van der Waals surface area (Å²) in [5, 5.41) is 0.590. The Labute approximate surface area is 189 Å². The molecule has 0 atom stereocenters. The van der Waals surface area contributed by atoms with Crippen molar-refractivity contribution in [2.75, 3.05) is 33.8 Å². The third kappa shape index (κ3) is 8.40. The standard InChI is InChI=1S/C23H33ClN2O5/c1-4-30-21(27)14-16-25(2)22(28)18-7-5-17(6-8-18)13-15-26(3)23(29)31-20-11-9-19(24)10-12-20/h9-12,17-18H,4-8,13-16H2,1-3H3/t17-,18-. The molecule has 1 aliphatic carbocycles. The number of hydrogen-bond donors (Lipinski definition) is 0. The van der Waals surface area contributed by atoms with E-state index in [0.29, 0.717) is 36.4 Å². The Balaban J connectivity index is 1.67. The van der Waals surface area contributed by atoms with Crippen LogP contribution in [0.2, 0.25) is 5.02 Å². The molecule has 1 aliphatic rings. The fraction of sp³-hybridized carbons (Fsp3) is 0.609. The van der Waals surface area contributed by atoms with Crippen molar-refractivity contribution in [1.29, 1.82) is 0 Å². The molecule has 2 rings (SSSR count). The van der Waals surface area contributed by atoms with E-state index in [1.54, 1.807) is 55.1 Å². The van der Waals surface area contributed by atoms with Gasteiger partial charge >= 0.3 is 12.1 Å². The second-order valence-electron chi connectivity index (χ2n) is 8.06. The summed E-state index contributed by atoms with van der Waals surface area (Å²) in [6.45, 7) is 3.12. The van der Waals surface area contributed by atoms with Gasteiger partial charge in [0.25, 0.3) is 0 Å². The van der Waals surface area contributed by atoms with Gasteiger partial charge in [0.1, 0.15) is 5.75 Å². The van der Waals surface area contributed by atoms with Gasteiger partial charge in [0, 0.05) is 38.1 Å². The van der Waals surface area contributed by atoms with Crippen molar-refractivity contribution in [3.05, 3.63) is 29.3 Å². The lowest BCUT2D eigenvalue weighted by atomic mass is 9.80. The summed E-state index contributed by atoms with van der Waals surface area (Å²) < 4.78 is 10.3. The number of esters is 1. The van der Waals surface area contributed by atoms with Gasteiger partial charge in [0.15, 0.2) is 0 Å². The van der Waals surface area contributed by atoms with Gasteiger partial charge in [-0.05, 0) is 69.2 Å². The molecule has 0 unspecified atom stereocenters. The highest BCUT2D eigenvalue weighted by atomic mass is 35.5. The Kier molecular flexibility index (Phi) is 10.1. The first-order valence-electron chi connectivity index (χ1n) is 10.9. The third-order valence-electron chi connectivity index (χ3n) is 5.73. The Morgan fingerprint density at radius 2 is 1.65 bits per heavy atom. The number of amides is 2. The van der Waals surface area contributed by atoms with Gasteiger partial charge in [-0.1, -0.05) is 11.6 Å². The van der Waals surface area contributed by atoms with Gasteiger partial charge in [-0.25, -0.2) is 4.79 Å². The first kappa shape index (κ1) is 25.0. The number of carbonyl (C=O) groups is 3. The number of nitrogens with zero attached hydrogens (tertiary/aromatic N) is 2. The van der Waals surface area contributed by atoms with Crippen LogP contribution in [0.5, 0.6) is 5.75 Å². The molecule has 172 valence electrons. The van der Waals surface area contributed by atoms with Crippen molar-refractivity contribution >= 4 is 29.6 Å². The van der Waals surface area contributed by atoms with Crippen molar-refractivity contribution in [2.24, 2.45) is 11.8 Å². The number of ether oxygens (including phenoxy) is 2. The Hall–Kier alpha value is -2.28. The summed E-state index contributed by atoms with van der Waals surface area (Å²) in [5.41, 5.74) is 0. The minimum absolute atomic E-state index is 0.0102. The predicted molar refractivity (Wildman–Crippen MR) is 119 cm³/mol. The Bertz CT molecular complexity index is 732. The SMILES string of the molecule is CCOC(=O)CCN(C)C(=O)[C@H]1CC[C@H](CCN(C)C(=O)Oc2ccc(Cl)cc2)CC1. The molecule has 0 aliphatic heterocycles. The minimum Gasteiger partial charge on any atom is -0.466 e. The van der Waals surface area contributed by atoms with Gasteiger partial charge < -0.3 is 19.3 Å². The van der Waals surface area contributed by atoms with Crippen molar-refractivity contribution in [3.63, 3.8) is 0 Å². The molecular weight excluding hydrogens is 420 g/mol. The monoisotopic (exact) mass is 452 g/mol. The lowest BCUT2D eigenvalue weighted by Gasteiger charge is -2.31. The number of benzene rings is 1. The molecule has 31 heavy (non-hydrogen) atoms. The second kappa shape index (κ2) is 12.5. The summed E-state index contributed by atoms with van der Waals surface area (Å²) in [7, 11) is 3.47. The summed E-state index contributed by atoms with van der Waals surface area (Å²) in [6, 6.07) is 6.68. The van der Waals surface area contributed by atoms with Crippen molar-refractivity contribution < 1.29 is 23.9 Å². The van der Waals surface area contributed by atoms with Crippen LogP contribution < -0.4 is 4.74 Å². The normalized spacial score (nSPS) is 18.2. The van der Waals surface area contributed by atoms with Gasteiger partial charge in [-0.2, -0.15) is 0 Å². The van der Waals surface area contributed by atoms with Crippen LogP contribution in [0, 0.1) is 11.8 Å². The van der Waals surface area contributed by atoms with E-state index in [1.165, 1.54) is 0 Å². The van der Waals surface area contributed by atoms with Crippen LogP contribution >= 0.6 is 11.6 Å². The van der Waals surface area contributed by atoms with E-state index in [4.69, 9.17) is 21.1 Å². The van der Waals surface area contributed by atoms with Crippen molar-refractivity contribution in [1.82, 2.24) is 9.80 Å². The molecule has 2 amide bonds. The first-order chi connectivity index (χ1) is 14.8. The topological polar surface area (TPSA) is 76.2 Å². The van der Waals surface area contributed by atoms with Gasteiger partial charge in [-0.15, -0.1) is 0 Å². The van der Waals surface area contributed by atoms with E-state index in [2.05, 4.69) is 0 Å². The van der Waals surface area contributed by atoms with E-state index < -0.39 is 6.09 Å². The summed E-state index contributed by atoms with van der Waals surface area (Å²) in [5.74, 6) is 0.791. The Morgan fingerprint density at radius 3 is 2.26 bits per heavy atom. The molecule has 0 N–H and O–H groups in total. The van der Waals surface area contributed by atoms with E-state index in [-0.39, 0.29) is 24.2 Å². The van der Waals surface area contributed by atoms with Gasteiger partial charge in [0.2, 0.25) is 5.91 Å². The predicted octanol–water partition coefficient (Wildman–Crippen LogP) is 4.38. The molecule has 1 saturated carbocycles. The van der Waals surface area contributed by atoms with Crippen LogP contribution in [0.1, 0.15) is 45.4 Å². The smallest absolute Gasteiger partial charge is 0.414 e. The Morgan fingerprint density at radius 1 is 1.00 bits per heavy atom. The largest absolute Gasteiger partial charge is 0.466 e. The zero-order valence-electron chi connectivity index (χ0n) is 18.6. The molecule has 1 fully saturated rings. The minimum atomic E-state index is -0.394. The molecule has 0 bridgehead atoms. The lowest BCUT2D eigenvalue weighted by molar-refractivity contribution is -0.144. The average Bonchev–Trinajstić information content (AvgIpc) is 2.77. The molecule has 7 nitrogen and oxygen atoms in total. The zero-order valence-corrected chi connectivity index (χ0v) is 19.4. The van der Waals surface area contributed by atoms with E-state index in [0.717, 1.165) is 32.1 Å². The highest BCUT2D eigenvalue weighted by Gasteiger charge is 2.28. The fourth-order valence-electron chi connectivity index (χ4n) is 3.76. The molecular formula is C23H33ClN2O5. The third-order valence-corrected chi connectivity index (χ3v) is 5.98. The van der Waals surface area contributed by atoms with E-state index >= 15 is 0 Å². The maximum atomic E-state index is 12.6. The van der Waals surface area contributed by atoms with Gasteiger partial charge in [-0.3, -0.25) is 9.59 Å². The van der Waals surface area contributed by atoms with Gasteiger partial charge in [0.05, 0.1) is 13.0 Å². The number of carbonyl (C=O) groups excluding carboxylic acids is 3. The number of halogens is 1. The van der Waals surface area contributed by atoms with Crippen molar-refractivity contribution in [2.45, 2.75) is 45.4 Å². The number of rotatable bonds is 9. The zero-order chi connectivity index (χ0) is 22.8. The fourth-order valence-corrected chi connectivity index (χ4v) is 3.89. The van der Waals surface area contributed by atoms with Crippen LogP contribution in [0.25, 0.3) is 0 Å². The molecule has 0 spiro atoms. The van der Waals surface area contributed by atoms with Crippen molar-refractivity contribution in [3.8, 4) is 5.75 Å². The molecule has 0 aromatic heterocycles. The maximum Gasteiger partial charge on any atom is 0.414 e. The lowest BCUT2D eigenvalue weighted by Crippen LogP contribution is -2.37. The van der Waals surface area contributed by atoms with Crippen LogP contribution in [0.3, 0.4) is 0 Å². The highest BCUT2D eigenvalue weighted by Crippen LogP contribution is 2.32. The second-order valence-corrected chi connectivity index (χ2v) is 8.50. The summed E-state index contributed by atoms with van der Waals surface area (Å²) >= 11 is 5.84. The summed E-state index contributed by atoms with van der Waals surface area (Å²) in [6.07, 6.45) is 4.31. The summed E-state index contributed by atoms with van der Waals surface area (Å²) in [4.78, 5) is 39.5. The van der Waals surface area contributed by atoms with Crippen LogP contribution in [0.4, 0.5) is 4.79 Å². The molecule has 8 heteroatoms. The molecule has 1 aromatic rings. The van der Waals surface area contributed by atoms with Crippen LogP contribution in [-0.2, 0) is 14.3 Å². The molecule has 0 heterocycles. The number of hydrogen-bond acceptors (Lipinski definition) is 5. The van der Waals surface area contributed by atoms with E-state index in [9.17, 15) is 14.4 Å². The average molecular weight is 453 g/mol. The molecule has 0 saturated heterocycles. The molecule has 1 aromatic carbocycles.